The molecule has 0 spiro atoms. The summed E-state index contributed by atoms with van der Waals surface area (Å²) in [6, 6.07) is 5.60. The summed E-state index contributed by atoms with van der Waals surface area (Å²) >= 11 is 3.34. The molecule has 0 atom stereocenters. The van der Waals surface area contributed by atoms with Gasteiger partial charge < -0.3 is 10.7 Å². The van der Waals surface area contributed by atoms with Gasteiger partial charge in [-0.3, -0.25) is 0 Å². The molecule has 0 saturated carbocycles. The Morgan fingerprint density at radius 2 is 2.29 bits per heavy atom. The SMILES string of the molecule is NCc1[nH]c(=O)nc2c(Br)cccc12. The van der Waals surface area contributed by atoms with Crippen LogP contribution in [0.15, 0.2) is 27.5 Å². The van der Waals surface area contributed by atoms with Gasteiger partial charge in [0.2, 0.25) is 0 Å². The summed E-state index contributed by atoms with van der Waals surface area (Å²) in [5, 5.41) is 0.876. The van der Waals surface area contributed by atoms with E-state index in [-0.39, 0.29) is 5.69 Å². The van der Waals surface area contributed by atoms with Crippen LogP contribution in [-0.4, -0.2) is 9.97 Å². The quantitative estimate of drug-likeness (QED) is 0.801. The molecule has 0 saturated heterocycles. The second kappa shape index (κ2) is 3.51. The van der Waals surface area contributed by atoms with Gasteiger partial charge >= 0.3 is 5.69 Å². The van der Waals surface area contributed by atoms with Crippen molar-refractivity contribution in [2.24, 2.45) is 5.73 Å². The van der Waals surface area contributed by atoms with Crippen molar-refractivity contribution in [2.45, 2.75) is 6.54 Å². The maximum absolute atomic E-state index is 11.2. The second-order valence-electron chi connectivity index (χ2n) is 2.86. The normalized spacial score (nSPS) is 10.7. The molecule has 0 radical (unpaired) electrons. The molecule has 1 heterocycles. The van der Waals surface area contributed by atoms with Crippen molar-refractivity contribution in [1.82, 2.24) is 9.97 Å². The lowest BCUT2D eigenvalue weighted by molar-refractivity contribution is 0.959. The van der Waals surface area contributed by atoms with E-state index in [1.54, 1.807) is 0 Å². The Bertz CT molecular complexity index is 535. The van der Waals surface area contributed by atoms with Crippen molar-refractivity contribution >= 4 is 26.8 Å². The topological polar surface area (TPSA) is 71.8 Å². The molecule has 1 aromatic carbocycles. The highest BCUT2D eigenvalue weighted by molar-refractivity contribution is 9.10. The van der Waals surface area contributed by atoms with Gasteiger partial charge in [-0.1, -0.05) is 12.1 Å². The number of hydrogen-bond donors (Lipinski definition) is 2. The zero-order chi connectivity index (χ0) is 10.1. The molecule has 0 aliphatic rings. The molecule has 72 valence electrons. The highest BCUT2D eigenvalue weighted by atomic mass is 79.9. The molecule has 2 rings (SSSR count). The number of nitrogens with one attached hydrogen (secondary N) is 1. The van der Waals surface area contributed by atoms with E-state index in [0.29, 0.717) is 17.8 Å². The Balaban J connectivity index is 2.94. The van der Waals surface area contributed by atoms with Crippen LogP contribution in [0, 0.1) is 0 Å². The Kier molecular flexibility index (Phi) is 2.35. The van der Waals surface area contributed by atoms with Crippen LogP contribution in [0.25, 0.3) is 10.9 Å². The highest BCUT2D eigenvalue weighted by Gasteiger charge is 2.05. The van der Waals surface area contributed by atoms with Crippen LogP contribution in [0.4, 0.5) is 0 Å². The number of nitrogens with two attached hydrogens (primary N) is 1. The Morgan fingerprint density at radius 3 is 3.00 bits per heavy atom. The van der Waals surface area contributed by atoms with E-state index >= 15 is 0 Å². The van der Waals surface area contributed by atoms with Crippen molar-refractivity contribution in [3.05, 3.63) is 38.9 Å². The molecule has 4 nitrogen and oxygen atoms in total. The zero-order valence-electron chi connectivity index (χ0n) is 7.25. The van der Waals surface area contributed by atoms with Gasteiger partial charge in [0, 0.05) is 22.1 Å². The molecule has 0 unspecified atom stereocenters. The summed E-state index contributed by atoms with van der Waals surface area (Å²) in [7, 11) is 0. The minimum atomic E-state index is -0.371. The molecular formula is C9H8BrN3O. The van der Waals surface area contributed by atoms with Crippen LogP contribution >= 0.6 is 15.9 Å². The molecule has 0 bridgehead atoms. The average molecular weight is 254 g/mol. The largest absolute Gasteiger partial charge is 0.345 e. The van der Waals surface area contributed by atoms with Crippen LogP contribution < -0.4 is 11.4 Å². The third kappa shape index (κ3) is 1.44. The fourth-order valence-electron chi connectivity index (χ4n) is 1.36. The third-order valence-corrected chi connectivity index (χ3v) is 2.63. The van der Waals surface area contributed by atoms with Gasteiger partial charge in [-0.25, -0.2) is 4.79 Å². The first-order valence-electron chi connectivity index (χ1n) is 4.10. The van der Waals surface area contributed by atoms with Gasteiger partial charge in [-0.2, -0.15) is 4.98 Å². The smallest absolute Gasteiger partial charge is 0.325 e. The number of para-hydroxylation sites is 1. The molecule has 14 heavy (non-hydrogen) atoms. The first kappa shape index (κ1) is 9.36. The van der Waals surface area contributed by atoms with Crippen molar-refractivity contribution in [3.63, 3.8) is 0 Å². The Hall–Kier alpha value is -1.20. The molecular weight excluding hydrogens is 246 g/mol. The second-order valence-corrected chi connectivity index (χ2v) is 3.71. The summed E-state index contributed by atoms with van der Waals surface area (Å²) in [5.41, 5.74) is 6.51. The monoisotopic (exact) mass is 253 g/mol. The van der Waals surface area contributed by atoms with Gasteiger partial charge in [-0.05, 0) is 22.0 Å². The van der Waals surface area contributed by atoms with Crippen LogP contribution in [0.1, 0.15) is 5.69 Å². The lowest BCUT2D eigenvalue weighted by Crippen LogP contribution is -2.15. The van der Waals surface area contributed by atoms with E-state index in [1.165, 1.54) is 0 Å². The van der Waals surface area contributed by atoms with Crippen LogP contribution in [0.5, 0.6) is 0 Å². The van der Waals surface area contributed by atoms with Gasteiger partial charge in [0.05, 0.1) is 5.52 Å². The lowest BCUT2D eigenvalue weighted by atomic mass is 10.2. The number of aromatic nitrogens is 2. The summed E-state index contributed by atoms with van der Waals surface area (Å²) in [4.78, 5) is 17.7. The Morgan fingerprint density at radius 1 is 1.50 bits per heavy atom. The van der Waals surface area contributed by atoms with Gasteiger partial charge in [0.25, 0.3) is 0 Å². The van der Waals surface area contributed by atoms with Gasteiger partial charge in [-0.15, -0.1) is 0 Å². The molecule has 0 aliphatic carbocycles. The van der Waals surface area contributed by atoms with E-state index in [0.717, 1.165) is 9.86 Å². The molecule has 1 aromatic heterocycles. The highest BCUT2D eigenvalue weighted by Crippen LogP contribution is 2.21. The van der Waals surface area contributed by atoms with Crippen LogP contribution in [0.3, 0.4) is 0 Å². The number of aromatic amines is 1. The minimum absolute atomic E-state index is 0.296. The predicted octanol–water partition coefficient (Wildman–Crippen LogP) is 1.14. The maximum Gasteiger partial charge on any atom is 0.345 e. The number of hydrogen-bond acceptors (Lipinski definition) is 3. The number of benzene rings is 1. The Labute approximate surface area is 88.3 Å². The van der Waals surface area contributed by atoms with Crippen molar-refractivity contribution in [1.29, 1.82) is 0 Å². The van der Waals surface area contributed by atoms with Gasteiger partial charge in [0.15, 0.2) is 0 Å². The van der Waals surface area contributed by atoms with Gasteiger partial charge in [0.1, 0.15) is 0 Å². The molecule has 0 aliphatic heterocycles. The lowest BCUT2D eigenvalue weighted by Gasteiger charge is -2.03. The molecule has 0 amide bonds. The maximum atomic E-state index is 11.2. The summed E-state index contributed by atoms with van der Waals surface area (Å²) < 4.78 is 0.802. The number of rotatable bonds is 1. The molecule has 0 fully saturated rings. The molecule has 5 heteroatoms. The van der Waals surface area contributed by atoms with Crippen LogP contribution in [0.2, 0.25) is 0 Å². The molecule has 2 aromatic rings. The predicted molar refractivity (Wildman–Crippen MR) is 58.0 cm³/mol. The fourth-order valence-corrected chi connectivity index (χ4v) is 1.81. The number of halogens is 1. The number of nitrogens with zero attached hydrogens (tertiary/aromatic N) is 1. The van der Waals surface area contributed by atoms with Crippen LogP contribution in [-0.2, 0) is 6.54 Å². The first-order valence-corrected chi connectivity index (χ1v) is 4.89. The first-order chi connectivity index (χ1) is 6.72. The van der Waals surface area contributed by atoms with Crippen molar-refractivity contribution in [3.8, 4) is 0 Å². The number of fused-ring (bicyclic) bond motifs is 1. The van der Waals surface area contributed by atoms with E-state index < -0.39 is 0 Å². The zero-order valence-corrected chi connectivity index (χ0v) is 8.84. The summed E-state index contributed by atoms with van der Waals surface area (Å²) in [6.45, 7) is 0.296. The molecule has 3 N–H and O–H groups in total. The average Bonchev–Trinajstić information content (AvgIpc) is 2.18. The fraction of sp³-hybridized carbons (Fsp3) is 0.111. The van der Waals surface area contributed by atoms with E-state index in [9.17, 15) is 4.79 Å². The minimum Gasteiger partial charge on any atom is -0.325 e. The van der Waals surface area contributed by atoms with E-state index in [1.807, 2.05) is 18.2 Å². The third-order valence-electron chi connectivity index (χ3n) is 1.99. The number of H-pyrrole nitrogens is 1. The van der Waals surface area contributed by atoms with Crippen molar-refractivity contribution < 1.29 is 0 Å². The van der Waals surface area contributed by atoms with Crippen molar-refractivity contribution in [2.75, 3.05) is 0 Å². The summed E-state index contributed by atoms with van der Waals surface area (Å²) in [6.07, 6.45) is 0. The summed E-state index contributed by atoms with van der Waals surface area (Å²) in [5.74, 6) is 0. The van der Waals surface area contributed by atoms with E-state index in [4.69, 9.17) is 5.73 Å². The standard InChI is InChI=1S/C9H8BrN3O/c10-6-3-1-2-5-7(4-11)12-9(14)13-8(5)6/h1-3H,4,11H2,(H,12,13,14). The van der Waals surface area contributed by atoms with E-state index in [2.05, 4.69) is 25.9 Å².